The quantitative estimate of drug-likeness (QED) is 0.647. The molecule has 0 spiro atoms. The van der Waals surface area contributed by atoms with E-state index in [4.69, 9.17) is 0 Å². The monoisotopic (exact) mass is 438 g/mol. The summed E-state index contributed by atoms with van der Waals surface area (Å²) < 4.78 is 0.836. The molecule has 0 aliphatic carbocycles. The minimum Gasteiger partial charge on any atom is -0.366 e. The maximum Gasteiger partial charge on any atom is 0.282 e. The van der Waals surface area contributed by atoms with Crippen LogP contribution in [0.3, 0.4) is 0 Å². The van der Waals surface area contributed by atoms with E-state index >= 15 is 0 Å². The second-order valence-corrected chi connectivity index (χ2v) is 8.60. The molecule has 4 nitrogen and oxygen atoms in total. The molecule has 2 amide bonds. The lowest BCUT2D eigenvalue weighted by atomic mass is 9.97. The van der Waals surface area contributed by atoms with Gasteiger partial charge in [0.2, 0.25) is 0 Å². The average molecular weight is 439 g/mol. The van der Waals surface area contributed by atoms with Crippen molar-refractivity contribution in [3.8, 4) is 0 Å². The minimum atomic E-state index is -0.249. The molecule has 28 heavy (non-hydrogen) atoms. The zero-order valence-electron chi connectivity index (χ0n) is 16.1. The van der Waals surface area contributed by atoms with Crippen molar-refractivity contribution in [2.75, 3.05) is 18.0 Å². The number of rotatable bonds is 3. The number of halogens is 1. The number of likely N-dealkylation sites (tertiary alicyclic amines) is 1. The SMILES string of the molecule is Cc1ccc(C2=C(N3CCC(C)CC3)C(=O)N(c3cccc(Br)c3)C2=O)cc1. The molecule has 1 fully saturated rings. The molecule has 2 aliphatic rings. The Morgan fingerprint density at radius 2 is 1.64 bits per heavy atom. The van der Waals surface area contributed by atoms with Crippen molar-refractivity contribution in [1.29, 1.82) is 0 Å². The zero-order chi connectivity index (χ0) is 19.8. The topological polar surface area (TPSA) is 40.6 Å². The number of hydrogen-bond acceptors (Lipinski definition) is 3. The van der Waals surface area contributed by atoms with E-state index in [9.17, 15) is 9.59 Å². The first-order chi connectivity index (χ1) is 13.5. The number of piperidine rings is 1. The van der Waals surface area contributed by atoms with Crippen LogP contribution in [-0.2, 0) is 9.59 Å². The predicted octanol–water partition coefficient (Wildman–Crippen LogP) is 4.77. The van der Waals surface area contributed by atoms with E-state index in [1.807, 2.05) is 49.4 Å². The fourth-order valence-electron chi connectivity index (χ4n) is 3.87. The highest BCUT2D eigenvalue weighted by Crippen LogP contribution is 2.37. The Labute approximate surface area is 174 Å². The van der Waals surface area contributed by atoms with Gasteiger partial charge in [-0.15, -0.1) is 0 Å². The smallest absolute Gasteiger partial charge is 0.282 e. The van der Waals surface area contributed by atoms with Crippen LogP contribution in [0.25, 0.3) is 5.57 Å². The van der Waals surface area contributed by atoms with Crippen LogP contribution in [-0.4, -0.2) is 29.8 Å². The highest BCUT2D eigenvalue weighted by Gasteiger charge is 2.42. The third-order valence-electron chi connectivity index (χ3n) is 5.57. The maximum atomic E-state index is 13.4. The summed E-state index contributed by atoms with van der Waals surface area (Å²) in [5, 5.41) is 0. The lowest BCUT2D eigenvalue weighted by Gasteiger charge is -2.32. The standard InChI is InChI=1S/C23H23BrN2O2/c1-15-6-8-17(9-7-15)20-21(25-12-10-16(2)11-13-25)23(28)26(22(20)27)19-5-3-4-18(24)14-19/h3-9,14,16H,10-13H2,1-2H3. The number of imide groups is 1. The third kappa shape index (κ3) is 3.39. The average Bonchev–Trinajstić information content (AvgIpc) is 2.93. The van der Waals surface area contributed by atoms with Crippen molar-refractivity contribution in [3.05, 3.63) is 69.8 Å². The van der Waals surface area contributed by atoms with Gasteiger partial charge in [-0.1, -0.05) is 58.7 Å². The summed E-state index contributed by atoms with van der Waals surface area (Å²) >= 11 is 3.44. The fraction of sp³-hybridized carbons (Fsp3) is 0.304. The van der Waals surface area contributed by atoms with E-state index in [1.54, 1.807) is 6.07 Å². The number of benzene rings is 2. The van der Waals surface area contributed by atoms with Gasteiger partial charge in [-0.3, -0.25) is 9.59 Å². The van der Waals surface area contributed by atoms with Crippen molar-refractivity contribution in [3.63, 3.8) is 0 Å². The fourth-order valence-corrected chi connectivity index (χ4v) is 4.26. The van der Waals surface area contributed by atoms with Crippen molar-refractivity contribution < 1.29 is 9.59 Å². The Balaban J connectivity index is 1.81. The van der Waals surface area contributed by atoms with Gasteiger partial charge in [0.1, 0.15) is 5.70 Å². The number of carbonyl (C=O) groups excluding carboxylic acids is 2. The summed E-state index contributed by atoms with van der Waals surface area (Å²) in [4.78, 5) is 30.3. The normalized spacial score (nSPS) is 18.4. The first-order valence-corrected chi connectivity index (χ1v) is 10.5. The van der Waals surface area contributed by atoms with Gasteiger partial charge in [0, 0.05) is 17.6 Å². The molecule has 5 heteroatoms. The predicted molar refractivity (Wildman–Crippen MR) is 115 cm³/mol. The molecule has 0 saturated carbocycles. The van der Waals surface area contributed by atoms with Gasteiger partial charge in [0.05, 0.1) is 11.3 Å². The first-order valence-electron chi connectivity index (χ1n) is 9.66. The van der Waals surface area contributed by atoms with E-state index in [1.165, 1.54) is 4.90 Å². The summed E-state index contributed by atoms with van der Waals surface area (Å²) in [6, 6.07) is 15.2. The number of amides is 2. The highest BCUT2D eigenvalue weighted by molar-refractivity contribution is 9.10. The molecule has 0 N–H and O–H groups in total. The largest absolute Gasteiger partial charge is 0.366 e. The lowest BCUT2D eigenvalue weighted by Crippen LogP contribution is -2.38. The first kappa shape index (κ1) is 18.9. The molecule has 2 aromatic rings. The molecule has 0 unspecified atom stereocenters. The van der Waals surface area contributed by atoms with Crippen LogP contribution in [0.4, 0.5) is 5.69 Å². The van der Waals surface area contributed by atoms with Crippen LogP contribution in [0.5, 0.6) is 0 Å². The molecule has 4 rings (SSSR count). The van der Waals surface area contributed by atoms with Gasteiger partial charge < -0.3 is 4.90 Å². The zero-order valence-corrected chi connectivity index (χ0v) is 17.7. The molecule has 1 saturated heterocycles. The van der Waals surface area contributed by atoms with Crippen LogP contribution in [0.2, 0.25) is 0 Å². The summed E-state index contributed by atoms with van der Waals surface area (Å²) in [6.07, 6.45) is 2.06. The Morgan fingerprint density at radius 3 is 2.29 bits per heavy atom. The van der Waals surface area contributed by atoms with Gasteiger partial charge in [-0.2, -0.15) is 0 Å². The summed E-state index contributed by atoms with van der Waals surface area (Å²) in [5.74, 6) is 0.168. The van der Waals surface area contributed by atoms with E-state index in [0.29, 0.717) is 22.9 Å². The van der Waals surface area contributed by atoms with Crippen LogP contribution in [0.1, 0.15) is 30.9 Å². The summed E-state index contributed by atoms with van der Waals surface area (Å²) in [5.41, 5.74) is 3.57. The number of carbonyl (C=O) groups is 2. The van der Waals surface area contributed by atoms with E-state index in [0.717, 1.165) is 41.5 Å². The van der Waals surface area contributed by atoms with E-state index in [-0.39, 0.29) is 11.8 Å². The van der Waals surface area contributed by atoms with Crippen molar-refractivity contribution in [1.82, 2.24) is 4.90 Å². The molecule has 0 bridgehead atoms. The number of nitrogens with zero attached hydrogens (tertiary/aromatic N) is 2. The molecule has 2 heterocycles. The summed E-state index contributed by atoms with van der Waals surface area (Å²) in [7, 11) is 0. The molecule has 2 aromatic carbocycles. The van der Waals surface area contributed by atoms with E-state index < -0.39 is 0 Å². The summed E-state index contributed by atoms with van der Waals surface area (Å²) in [6.45, 7) is 5.86. The second kappa shape index (κ2) is 7.55. The van der Waals surface area contributed by atoms with Gasteiger partial charge in [-0.05, 0) is 49.4 Å². The van der Waals surface area contributed by atoms with Gasteiger partial charge >= 0.3 is 0 Å². The van der Waals surface area contributed by atoms with Crippen LogP contribution < -0.4 is 4.90 Å². The van der Waals surface area contributed by atoms with Crippen molar-refractivity contribution in [2.45, 2.75) is 26.7 Å². The van der Waals surface area contributed by atoms with Crippen LogP contribution in [0, 0.1) is 12.8 Å². The molecule has 144 valence electrons. The minimum absolute atomic E-state index is 0.228. The Hall–Kier alpha value is -2.40. The molecule has 2 aliphatic heterocycles. The molecular formula is C23H23BrN2O2. The number of hydrogen-bond donors (Lipinski definition) is 0. The highest BCUT2D eigenvalue weighted by atomic mass is 79.9. The maximum absolute atomic E-state index is 13.4. The number of anilines is 1. The lowest BCUT2D eigenvalue weighted by molar-refractivity contribution is -0.120. The second-order valence-electron chi connectivity index (χ2n) is 7.68. The van der Waals surface area contributed by atoms with Gasteiger partial charge in [0.15, 0.2) is 0 Å². The third-order valence-corrected chi connectivity index (χ3v) is 6.06. The van der Waals surface area contributed by atoms with Crippen molar-refractivity contribution in [2.24, 2.45) is 5.92 Å². The Kier molecular flexibility index (Phi) is 5.11. The Morgan fingerprint density at radius 1 is 0.964 bits per heavy atom. The number of aryl methyl sites for hydroxylation is 1. The van der Waals surface area contributed by atoms with Crippen molar-refractivity contribution >= 4 is 39.0 Å². The van der Waals surface area contributed by atoms with Crippen LogP contribution in [0.15, 0.2) is 58.7 Å². The Bertz CT molecular complexity index is 957. The molecular weight excluding hydrogens is 416 g/mol. The van der Waals surface area contributed by atoms with E-state index in [2.05, 4.69) is 27.8 Å². The molecule has 0 aromatic heterocycles. The van der Waals surface area contributed by atoms with Gasteiger partial charge in [-0.25, -0.2) is 4.90 Å². The molecule has 0 radical (unpaired) electrons. The van der Waals surface area contributed by atoms with Gasteiger partial charge in [0.25, 0.3) is 11.8 Å². The molecule has 0 atom stereocenters. The van der Waals surface area contributed by atoms with Crippen LogP contribution >= 0.6 is 15.9 Å².